The summed E-state index contributed by atoms with van der Waals surface area (Å²) in [5, 5.41) is 4.59. The first-order valence-electron chi connectivity index (χ1n) is 7.24. The van der Waals surface area contributed by atoms with Crippen molar-refractivity contribution in [3.05, 3.63) is 46.8 Å². The number of aromatic amines is 1. The average molecular weight is 312 g/mol. The topological polar surface area (TPSA) is 89.9 Å². The minimum absolute atomic E-state index is 0.0522. The van der Waals surface area contributed by atoms with Gasteiger partial charge in [0.2, 0.25) is 0 Å². The second-order valence-corrected chi connectivity index (χ2v) is 5.13. The van der Waals surface area contributed by atoms with E-state index < -0.39 is 5.97 Å². The zero-order chi connectivity index (χ0) is 16.4. The van der Waals surface area contributed by atoms with Gasteiger partial charge in [0.15, 0.2) is 0 Å². The molecule has 0 amide bonds. The van der Waals surface area contributed by atoms with Crippen molar-refractivity contribution in [2.75, 3.05) is 6.61 Å². The van der Waals surface area contributed by atoms with Crippen LogP contribution in [0.4, 0.5) is 0 Å². The Morgan fingerprint density at radius 3 is 2.87 bits per heavy atom. The lowest BCUT2D eigenvalue weighted by atomic mass is 10.1. The Morgan fingerprint density at radius 1 is 1.35 bits per heavy atom. The maximum Gasteiger partial charge on any atom is 0.313 e. The molecule has 3 aromatic rings. The van der Waals surface area contributed by atoms with Crippen molar-refractivity contribution in [3.8, 4) is 11.1 Å². The van der Waals surface area contributed by atoms with Crippen LogP contribution in [0.3, 0.4) is 0 Å². The number of esters is 1. The predicted molar refractivity (Wildman–Crippen MR) is 84.9 cm³/mol. The van der Waals surface area contributed by atoms with E-state index in [1.54, 1.807) is 29.9 Å². The molecular formula is C16H16N4O3. The Bertz CT molecular complexity index is 926. The SMILES string of the molecule is CCOC(=O)Cc1nc(=O)c2cc(-c3cnn(C)c3)ccc2[nH]1. The highest BCUT2D eigenvalue weighted by Gasteiger charge is 2.10. The minimum Gasteiger partial charge on any atom is -0.466 e. The summed E-state index contributed by atoms with van der Waals surface area (Å²) >= 11 is 0. The highest BCUT2D eigenvalue weighted by atomic mass is 16.5. The zero-order valence-electron chi connectivity index (χ0n) is 12.9. The summed E-state index contributed by atoms with van der Waals surface area (Å²) in [7, 11) is 1.83. The molecule has 0 radical (unpaired) electrons. The number of H-pyrrole nitrogens is 1. The van der Waals surface area contributed by atoms with Gasteiger partial charge in [0.05, 0.1) is 23.7 Å². The quantitative estimate of drug-likeness (QED) is 0.736. The molecular weight excluding hydrogens is 296 g/mol. The Balaban J connectivity index is 1.99. The van der Waals surface area contributed by atoms with Crippen molar-refractivity contribution in [2.45, 2.75) is 13.3 Å². The molecule has 0 fully saturated rings. The first-order chi connectivity index (χ1) is 11.1. The van der Waals surface area contributed by atoms with Crippen molar-refractivity contribution in [1.29, 1.82) is 0 Å². The molecule has 7 nitrogen and oxygen atoms in total. The van der Waals surface area contributed by atoms with Crippen LogP contribution in [0.5, 0.6) is 0 Å². The molecule has 0 unspecified atom stereocenters. The van der Waals surface area contributed by atoms with Gasteiger partial charge in [0.25, 0.3) is 5.56 Å². The Morgan fingerprint density at radius 2 is 2.17 bits per heavy atom. The lowest BCUT2D eigenvalue weighted by Crippen LogP contribution is -2.16. The smallest absolute Gasteiger partial charge is 0.313 e. The van der Waals surface area contributed by atoms with Crippen LogP contribution in [0.2, 0.25) is 0 Å². The fraction of sp³-hybridized carbons (Fsp3) is 0.250. The van der Waals surface area contributed by atoms with E-state index in [4.69, 9.17) is 4.74 Å². The standard InChI is InChI=1S/C16H16N4O3/c1-3-23-15(21)7-14-18-13-5-4-10(6-12(13)16(22)19-14)11-8-17-20(2)9-11/h4-6,8-9H,3,7H2,1-2H3,(H,18,19,22). The summed E-state index contributed by atoms with van der Waals surface area (Å²) in [4.78, 5) is 30.7. The number of fused-ring (bicyclic) bond motifs is 1. The Kier molecular flexibility index (Phi) is 3.92. The number of nitrogens with zero attached hydrogens (tertiary/aromatic N) is 3. The lowest BCUT2D eigenvalue weighted by molar-refractivity contribution is -0.142. The molecule has 2 aromatic heterocycles. The van der Waals surface area contributed by atoms with Gasteiger partial charge in [-0.15, -0.1) is 0 Å². The molecule has 0 saturated carbocycles. The molecule has 0 bridgehead atoms. The van der Waals surface area contributed by atoms with Crippen molar-refractivity contribution in [2.24, 2.45) is 7.05 Å². The molecule has 0 aliphatic carbocycles. The van der Waals surface area contributed by atoms with E-state index in [9.17, 15) is 9.59 Å². The van der Waals surface area contributed by atoms with Crippen molar-refractivity contribution < 1.29 is 9.53 Å². The summed E-state index contributed by atoms with van der Waals surface area (Å²) in [5.74, 6) is -0.114. The number of carbonyl (C=O) groups is 1. The minimum atomic E-state index is -0.415. The van der Waals surface area contributed by atoms with Crippen LogP contribution < -0.4 is 5.56 Å². The molecule has 118 valence electrons. The number of hydrogen-bond acceptors (Lipinski definition) is 5. The number of carbonyl (C=O) groups excluding carboxylic acids is 1. The summed E-state index contributed by atoms with van der Waals surface area (Å²) in [5.41, 5.74) is 2.07. The van der Waals surface area contributed by atoms with Gasteiger partial charge in [0, 0.05) is 18.8 Å². The zero-order valence-corrected chi connectivity index (χ0v) is 12.9. The largest absolute Gasteiger partial charge is 0.466 e. The lowest BCUT2D eigenvalue weighted by Gasteiger charge is -2.05. The molecule has 0 spiro atoms. The van der Waals surface area contributed by atoms with Gasteiger partial charge in [0.1, 0.15) is 12.2 Å². The molecule has 3 rings (SSSR count). The van der Waals surface area contributed by atoms with E-state index >= 15 is 0 Å². The molecule has 0 aliphatic rings. The Labute approximate surface area is 131 Å². The van der Waals surface area contributed by atoms with E-state index in [0.717, 1.165) is 11.1 Å². The van der Waals surface area contributed by atoms with Gasteiger partial charge in [-0.2, -0.15) is 10.1 Å². The van der Waals surface area contributed by atoms with E-state index in [-0.39, 0.29) is 12.0 Å². The second kappa shape index (κ2) is 6.04. The first-order valence-corrected chi connectivity index (χ1v) is 7.24. The summed E-state index contributed by atoms with van der Waals surface area (Å²) in [6, 6.07) is 5.46. The Hall–Kier alpha value is -2.96. The number of aromatic nitrogens is 4. The molecule has 23 heavy (non-hydrogen) atoms. The summed E-state index contributed by atoms with van der Waals surface area (Å²) in [6.07, 6.45) is 3.55. The van der Waals surface area contributed by atoms with Gasteiger partial charge >= 0.3 is 5.97 Å². The normalized spacial score (nSPS) is 10.9. The van der Waals surface area contributed by atoms with Gasteiger partial charge in [-0.3, -0.25) is 14.3 Å². The van der Waals surface area contributed by atoms with Gasteiger partial charge in [-0.25, -0.2) is 0 Å². The third kappa shape index (κ3) is 3.13. The van der Waals surface area contributed by atoms with Crippen LogP contribution in [0.25, 0.3) is 22.0 Å². The van der Waals surface area contributed by atoms with Crippen LogP contribution in [0.1, 0.15) is 12.7 Å². The number of nitrogens with one attached hydrogen (secondary N) is 1. The number of aryl methyl sites for hydroxylation is 1. The summed E-state index contributed by atoms with van der Waals surface area (Å²) < 4.78 is 6.57. The van der Waals surface area contributed by atoms with Gasteiger partial charge in [-0.1, -0.05) is 6.07 Å². The highest BCUT2D eigenvalue weighted by molar-refractivity contribution is 5.84. The average Bonchev–Trinajstić information content (AvgIpc) is 2.94. The molecule has 0 saturated heterocycles. The van der Waals surface area contributed by atoms with Crippen molar-refractivity contribution >= 4 is 16.9 Å². The van der Waals surface area contributed by atoms with E-state index in [2.05, 4.69) is 15.1 Å². The maximum atomic E-state index is 12.2. The molecule has 1 aromatic carbocycles. The highest BCUT2D eigenvalue weighted by Crippen LogP contribution is 2.21. The number of ether oxygens (including phenoxy) is 1. The number of rotatable bonds is 4. The van der Waals surface area contributed by atoms with Crippen LogP contribution in [0.15, 0.2) is 35.4 Å². The van der Waals surface area contributed by atoms with Crippen LogP contribution >= 0.6 is 0 Å². The predicted octanol–water partition coefficient (Wildman–Crippen LogP) is 1.43. The van der Waals surface area contributed by atoms with Gasteiger partial charge < -0.3 is 9.72 Å². The van der Waals surface area contributed by atoms with Crippen LogP contribution in [-0.4, -0.2) is 32.3 Å². The van der Waals surface area contributed by atoms with Crippen molar-refractivity contribution in [1.82, 2.24) is 19.7 Å². The van der Waals surface area contributed by atoms with E-state index in [0.29, 0.717) is 23.3 Å². The second-order valence-electron chi connectivity index (χ2n) is 5.13. The van der Waals surface area contributed by atoms with E-state index in [1.165, 1.54) is 0 Å². The first kappa shape index (κ1) is 15.0. The molecule has 7 heteroatoms. The fourth-order valence-corrected chi connectivity index (χ4v) is 2.38. The van der Waals surface area contributed by atoms with Crippen LogP contribution in [-0.2, 0) is 23.0 Å². The van der Waals surface area contributed by atoms with Crippen LogP contribution in [0, 0.1) is 0 Å². The monoisotopic (exact) mass is 312 g/mol. The summed E-state index contributed by atoms with van der Waals surface area (Å²) in [6.45, 7) is 2.03. The molecule has 2 heterocycles. The van der Waals surface area contributed by atoms with Gasteiger partial charge in [-0.05, 0) is 24.6 Å². The fourth-order valence-electron chi connectivity index (χ4n) is 2.38. The number of benzene rings is 1. The third-order valence-electron chi connectivity index (χ3n) is 3.42. The van der Waals surface area contributed by atoms with Crippen molar-refractivity contribution in [3.63, 3.8) is 0 Å². The third-order valence-corrected chi connectivity index (χ3v) is 3.42. The molecule has 1 N–H and O–H groups in total. The van der Waals surface area contributed by atoms with E-state index in [1.807, 2.05) is 19.3 Å². The molecule has 0 atom stereocenters. The molecule has 0 aliphatic heterocycles. The maximum absolute atomic E-state index is 12.2. The number of hydrogen-bond donors (Lipinski definition) is 1.